The number of hydrogen-bond acceptors (Lipinski definition) is 5. The fraction of sp³-hybridized carbons (Fsp3) is 0.286. The van der Waals surface area contributed by atoms with Gasteiger partial charge in [-0.25, -0.2) is 0 Å². The molecule has 7 heteroatoms. The smallest absolute Gasteiger partial charge is 0.273 e. The van der Waals surface area contributed by atoms with Gasteiger partial charge in [0.25, 0.3) is 5.69 Å². The first kappa shape index (κ1) is 15.3. The number of nitrogens with one attached hydrogen (secondary N) is 1. The largest absolute Gasteiger partial charge is 0.467 e. The van der Waals surface area contributed by atoms with Crippen LogP contribution in [0, 0.1) is 17.0 Å². The van der Waals surface area contributed by atoms with Gasteiger partial charge in [-0.2, -0.15) is 0 Å². The van der Waals surface area contributed by atoms with E-state index in [1.165, 1.54) is 6.07 Å². The molecule has 1 heterocycles. The topological polar surface area (TPSA) is 88.5 Å². The molecule has 2 N–H and O–H groups in total. The summed E-state index contributed by atoms with van der Waals surface area (Å²) in [5.74, 6) is 0.663. The molecule has 21 heavy (non-hydrogen) atoms. The van der Waals surface area contributed by atoms with E-state index in [1.54, 1.807) is 31.4 Å². The molecule has 1 atom stereocenters. The molecule has 0 spiro atoms. The minimum atomic E-state index is -0.470. The molecule has 0 saturated carbocycles. The predicted molar refractivity (Wildman–Crippen MR) is 79.6 cm³/mol. The number of benzene rings is 1. The number of rotatable bonds is 6. The van der Waals surface area contributed by atoms with Gasteiger partial charge in [0.2, 0.25) is 0 Å². The van der Waals surface area contributed by atoms with Crippen molar-refractivity contribution in [3.05, 3.63) is 57.0 Å². The van der Waals surface area contributed by atoms with E-state index >= 15 is 0 Å². The summed E-state index contributed by atoms with van der Waals surface area (Å²) in [4.78, 5) is 10.4. The molecule has 0 amide bonds. The van der Waals surface area contributed by atoms with Crippen molar-refractivity contribution in [3.8, 4) is 0 Å². The molecule has 0 aliphatic carbocycles. The number of nitrogens with zero attached hydrogens (tertiary/aromatic N) is 1. The highest BCUT2D eigenvalue weighted by molar-refractivity contribution is 6.33. The summed E-state index contributed by atoms with van der Waals surface area (Å²) in [6, 6.07) is 6.22. The van der Waals surface area contributed by atoms with E-state index in [0.717, 1.165) is 0 Å². The molecule has 1 aromatic heterocycles. The Balaban J connectivity index is 2.29. The third-order valence-corrected chi connectivity index (χ3v) is 3.43. The van der Waals surface area contributed by atoms with Crippen LogP contribution in [0.4, 0.5) is 11.4 Å². The number of hydrogen-bond donors (Lipinski definition) is 2. The lowest BCUT2D eigenvalue weighted by atomic mass is 10.1. The highest BCUT2D eigenvalue weighted by Crippen LogP contribution is 2.33. The molecular formula is C14H15ClN2O4. The fourth-order valence-corrected chi connectivity index (χ4v) is 2.28. The SMILES string of the molecule is Cc1cc(NC(CCO)c2ccco2)c(Cl)cc1[N+](=O)[O-]. The summed E-state index contributed by atoms with van der Waals surface area (Å²) < 4.78 is 5.33. The second kappa shape index (κ2) is 6.60. The predicted octanol–water partition coefficient (Wildman–Crippen LogP) is 3.69. The number of aryl methyl sites for hydroxylation is 1. The van der Waals surface area contributed by atoms with E-state index in [4.69, 9.17) is 21.1 Å². The zero-order chi connectivity index (χ0) is 15.4. The van der Waals surface area contributed by atoms with Crippen molar-refractivity contribution in [2.24, 2.45) is 0 Å². The van der Waals surface area contributed by atoms with Gasteiger partial charge in [-0.1, -0.05) is 11.6 Å². The molecule has 112 valence electrons. The van der Waals surface area contributed by atoms with Crippen LogP contribution in [0.15, 0.2) is 34.9 Å². The molecule has 2 aromatic rings. The first-order valence-electron chi connectivity index (χ1n) is 6.38. The normalized spacial score (nSPS) is 12.1. The quantitative estimate of drug-likeness (QED) is 0.627. The minimum absolute atomic E-state index is 0.0257. The molecule has 2 rings (SSSR count). The number of anilines is 1. The Kier molecular flexibility index (Phi) is 4.82. The Morgan fingerprint density at radius 3 is 2.86 bits per heavy atom. The van der Waals surface area contributed by atoms with E-state index in [-0.39, 0.29) is 23.4 Å². The Labute approximate surface area is 126 Å². The molecule has 1 aromatic carbocycles. The Bertz CT molecular complexity index is 628. The molecule has 0 bridgehead atoms. The third-order valence-electron chi connectivity index (χ3n) is 3.12. The van der Waals surface area contributed by atoms with Gasteiger partial charge in [0.15, 0.2) is 0 Å². The monoisotopic (exact) mass is 310 g/mol. The summed E-state index contributed by atoms with van der Waals surface area (Å²) in [7, 11) is 0. The molecular weight excluding hydrogens is 296 g/mol. The standard InChI is InChI=1S/C14H15ClN2O4/c1-9-7-12(10(15)8-13(9)17(19)20)16-11(4-5-18)14-3-2-6-21-14/h2-3,6-8,11,16,18H,4-5H2,1H3. The van der Waals surface area contributed by atoms with Crippen LogP contribution in [-0.4, -0.2) is 16.6 Å². The number of halogens is 1. The van der Waals surface area contributed by atoms with E-state index in [0.29, 0.717) is 23.4 Å². The minimum Gasteiger partial charge on any atom is -0.467 e. The maximum Gasteiger partial charge on any atom is 0.273 e. The van der Waals surface area contributed by atoms with Crippen LogP contribution in [0.1, 0.15) is 23.8 Å². The first-order chi connectivity index (χ1) is 10.0. The molecule has 1 unspecified atom stereocenters. The highest BCUT2D eigenvalue weighted by Gasteiger charge is 2.18. The van der Waals surface area contributed by atoms with Gasteiger partial charge in [-0.05, 0) is 31.5 Å². The van der Waals surface area contributed by atoms with Gasteiger partial charge in [-0.3, -0.25) is 10.1 Å². The highest BCUT2D eigenvalue weighted by atomic mass is 35.5. The molecule has 6 nitrogen and oxygen atoms in total. The lowest BCUT2D eigenvalue weighted by molar-refractivity contribution is -0.385. The van der Waals surface area contributed by atoms with Crippen LogP contribution in [0.5, 0.6) is 0 Å². The van der Waals surface area contributed by atoms with Crippen LogP contribution < -0.4 is 5.32 Å². The Morgan fingerprint density at radius 2 is 2.29 bits per heavy atom. The average molecular weight is 311 g/mol. The Hall–Kier alpha value is -2.05. The lowest BCUT2D eigenvalue weighted by Crippen LogP contribution is -2.12. The fourth-order valence-electron chi connectivity index (χ4n) is 2.07. The van der Waals surface area contributed by atoms with Crippen molar-refractivity contribution in [1.29, 1.82) is 0 Å². The van der Waals surface area contributed by atoms with Gasteiger partial charge < -0.3 is 14.8 Å². The summed E-state index contributed by atoms with van der Waals surface area (Å²) >= 11 is 6.09. The summed E-state index contributed by atoms with van der Waals surface area (Å²) in [6.07, 6.45) is 1.98. The van der Waals surface area contributed by atoms with Crippen molar-refractivity contribution >= 4 is 23.0 Å². The molecule has 0 radical (unpaired) electrons. The van der Waals surface area contributed by atoms with Crippen molar-refractivity contribution in [3.63, 3.8) is 0 Å². The number of nitro benzene ring substituents is 1. The zero-order valence-electron chi connectivity index (χ0n) is 11.4. The maximum atomic E-state index is 10.9. The number of furan rings is 1. The van der Waals surface area contributed by atoms with Gasteiger partial charge in [0.05, 0.1) is 27.9 Å². The van der Waals surface area contributed by atoms with Crippen LogP contribution >= 0.6 is 11.6 Å². The van der Waals surface area contributed by atoms with Crippen LogP contribution in [0.2, 0.25) is 5.02 Å². The molecule has 0 aliphatic heterocycles. The van der Waals surface area contributed by atoms with E-state index in [1.807, 2.05) is 0 Å². The number of aliphatic hydroxyl groups excluding tert-OH is 1. The first-order valence-corrected chi connectivity index (χ1v) is 6.76. The van der Waals surface area contributed by atoms with E-state index in [9.17, 15) is 10.1 Å². The molecule has 0 aliphatic rings. The number of aliphatic hydroxyl groups is 1. The van der Waals surface area contributed by atoms with Crippen LogP contribution in [0.25, 0.3) is 0 Å². The van der Waals surface area contributed by atoms with Crippen LogP contribution in [0.3, 0.4) is 0 Å². The van der Waals surface area contributed by atoms with Crippen molar-refractivity contribution in [2.45, 2.75) is 19.4 Å². The van der Waals surface area contributed by atoms with Gasteiger partial charge in [0, 0.05) is 18.2 Å². The molecule has 0 saturated heterocycles. The Morgan fingerprint density at radius 1 is 1.52 bits per heavy atom. The van der Waals surface area contributed by atoms with Crippen molar-refractivity contribution in [1.82, 2.24) is 0 Å². The van der Waals surface area contributed by atoms with Gasteiger partial charge in [0.1, 0.15) is 5.76 Å². The van der Waals surface area contributed by atoms with Gasteiger partial charge in [-0.15, -0.1) is 0 Å². The zero-order valence-corrected chi connectivity index (χ0v) is 12.1. The van der Waals surface area contributed by atoms with Crippen molar-refractivity contribution in [2.75, 3.05) is 11.9 Å². The second-order valence-electron chi connectivity index (χ2n) is 4.60. The van der Waals surface area contributed by atoms with E-state index in [2.05, 4.69) is 5.32 Å². The average Bonchev–Trinajstić information content (AvgIpc) is 2.95. The summed E-state index contributed by atoms with van der Waals surface area (Å²) in [6.45, 7) is 1.62. The van der Waals surface area contributed by atoms with Gasteiger partial charge >= 0.3 is 0 Å². The second-order valence-corrected chi connectivity index (χ2v) is 5.01. The third kappa shape index (κ3) is 3.53. The van der Waals surface area contributed by atoms with E-state index < -0.39 is 4.92 Å². The maximum absolute atomic E-state index is 10.9. The number of nitro groups is 1. The summed E-state index contributed by atoms with van der Waals surface area (Å²) in [5, 5.41) is 23.4. The lowest BCUT2D eigenvalue weighted by Gasteiger charge is -2.18. The van der Waals surface area contributed by atoms with Crippen molar-refractivity contribution < 1.29 is 14.4 Å². The summed E-state index contributed by atoms with van der Waals surface area (Å²) in [5.41, 5.74) is 1.05. The van der Waals surface area contributed by atoms with Crippen LogP contribution in [-0.2, 0) is 0 Å². The molecule has 0 fully saturated rings.